The van der Waals surface area contributed by atoms with E-state index in [1.165, 1.54) is 18.0 Å². The summed E-state index contributed by atoms with van der Waals surface area (Å²) in [6.07, 6.45) is 3.49. The molecule has 1 heterocycles. The molecule has 11 heteroatoms. The summed E-state index contributed by atoms with van der Waals surface area (Å²) in [4.78, 5) is 20.9. The van der Waals surface area contributed by atoms with Gasteiger partial charge in [-0.15, -0.1) is 0 Å². The molecule has 3 rings (SSSR count). The number of nitrogens with zero attached hydrogens (tertiary/aromatic N) is 3. The summed E-state index contributed by atoms with van der Waals surface area (Å²) in [5.74, 6) is 1.15. The zero-order valence-electron chi connectivity index (χ0n) is 20.0. The van der Waals surface area contributed by atoms with Crippen molar-refractivity contribution in [2.24, 2.45) is 5.10 Å². The maximum Gasteiger partial charge on any atom is 0.250 e. The number of nitrogens with one attached hydrogen (secondary N) is 3. The molecule has 0 aliphatic rings. The van der Waals surface area contributed by atoms with Gasteiger partial charge in [0, 0.05) is 23.0 Å². The van der Waals surface area contributed by atoms with E-state index in [0.29, 0.717) is 28.3 Å². The second kappa shape index (κ2) is 14.0. The monoisotopic (exact) mass is 524 g/mol. The number of aromatic nitrogens is 2. The summed E-state index contributed by atoms with van der Waals surface area (Å²) in [7, 11) is 0. The first-order valence-electron chi connectivity index (χ1n) is 11.3. The molecule has 2 aromatic carbocycles. The van der Waals surface area contributed by atoms with E-state index in [9.17, 15) is 9.90 Å². The van der Waals surface area contributed by atoms with Crippen molar-refractivity contribution in [3.63, 3.8) is 0 Å². The fraction of sp³-hybridized carbons (Fsp3) is 0.240. The molecule has 36 heavy (non-hydrogen) atoms. The number of ether oxygens (including phenoxy) is 1. The van der Waals surface area contributed by atoms with Crippen molar-refractivity contribution in [3.8, 4) is 11.5 Å². The van der Waals surface area contributed by atoms with Crippen LogP contribution in [0, 0.1) is 6.92 Å². The quantitative estimate of drug-likeness (QED) is 0.0705. The first-order chi connectivity index (χ1) is 17.4. The maximum atomic E-state index is 12.1. The number of phenols is 1. The summed E-state index contributed by atoms with van der Waals surface area (Å²) >= 11 is 6.58. The number of carbonyl (C=O) groups is 1. The van der Waals surface area contributed by atoms with Gasteiger partial charge >= 0.3 is 0 Å². The van der Waals surface area contributed by atoms with Gasteiger partial charge in [0.05, 0.1) is 18.6 Å². The number of anilines is 2. The molecule has 0 aliphatic carbocycles. The lowest BCUT2D eigenvalue weighted by molar-refractivity contribution is -0.118. The molecule has 0 atom stereocenters. The third-order valence-corrected chi connectivity index (χ3v) is 5.67. The van der Waals surface area contributed by atoms with E-state index in [2.05, 4.69) is 38.1 Å². The van der Waals surface area contributed by atoms with Crippen LogP contribution in [0.4, 0.5) is 11.5 Å². The Balaban J connectivity index is 1.48. The highest BCUT2D eigenvalue weighted by molar-refractivity contribution is 7.99. The van der Waals surface area contributed by atoms with Crippen LogP contribution in [0.3, 0.4) is 0 Å². The minimum atomic E-state index is -0.328. The van der Waals surface area contributed by atoms with Crippen LogP contribution in [-0.4, -0.2) is 44.7 Å². The molecule has 1 aromatic heterocycles. The Kier molecular flexibility index (Phi) is 10.5. The molecule has 9 nitrogen and oxygen atoms in total. The number of carbonyl (C=O) groups excluding carboxylic acids is 1. The Morgan fingerprint density at radius 1 is 1.17 bits per heavy atom. The number of amides is 1. The standard InChI is InChI=1S/C25H28N6O3S2/c1-3-4-13-34-20-11-9-19(10-12-20)28-24(35)29-22-14-17(2)27-25(30-22)36-16-23(33)31-26-15-18-7-5-6-8-21(18)32/h5-12,14-15,32H,3-4,13,16H2,1-2H3,(H,31,33)(H2,27,28,29,30,35)/b26-15+. The van der Waals surface area contributed by atoms with Gasteiger partial charge in [-0.05, 0) is 62.0 Å². The van der Waals surface area contributed by atoms with Gasteiger partial charge in [-0.2, -0.15) is 5.10 Å². The number of thiocarbonyl (C=S) groups is 1. The van der Waals surface area contributed by atoms with Crippen molar-refractivity contribution >= 4 is 52.7 Å². The van der Waals surface area contributed by atoms with Gasteiger partial charge in [0.2, 0.25) is 0 Å². The summed E-state index contributed by atoms with van der Waals surface area (Å²) in [6, 6.07) is 16.0. The molecule has 0 fully saturated rings. The van der Waals surface area contributed by atoms with Crippen LogP contribution < -0.4 is 20.8 Å². The number of benzene rings is 2. The molecule has 1 amide bonds. The summed E-state index contributed by atoms with van der Waals surface area (Å²) in [5.41, 5.74) is 4.47. The number of thioether (sulfide) groups is 1. The van der Waals surface area contributed by atoms with E-state index in [-0.39, 0.29) is 17.4 Å². The first-order valence-corrected chi connectivity index (χ1v) is 12.7. The Bertz CT molecular complexity index is 1200. The zero-order chi connectivity index (χ0) is 25.8. The van der Waals surface area contributed by atoms with E-state index in [1.807, 2.05) is 31.2 Å². The van der Waals surface area contributed by atoms with Crippen LogP contribution in [0.1, 0.15) is 31.0 Å². The SMILES string of the molecule is CCCCOc1ccc(NC(=S)Nc2cc(C)nc(SCC(=O)N/N=C/c3ccccc3O)n2)cc1. The topological polar surface area (TPSA) is 121 Å². The second-order valence-corrected chi connectivity index (χ2v) is 8.97. The Labute approximate surface area is 219 Å². The number of hydrogen-bond donors (Lipinski definition) is 4. The van der Waals surface area contributed by atoms with Crippen LogP contribution in [0.15, 0.2) is 64.9 Å². The predicted octanol–water partition coefficient (Wildman–Crippen LogP) is 4.72. The molecular weight excluding hydrogens is 496 g/mol. The molecule has 188 valence electrons. The minimum Gasteiger partial charge on any atom is -0.507 e. The van der Waals surface area contributed by atoms with Crippen molar-refractivity contribution in [1.29, 1.82) is 0 Å². The van der Waals surface area contributed by atoms with Gasteiger partial charge in [0.15, 0.2) is 10.3 Å². The number of unbranched alkanes of at least 4 members (excludes halogenated alkanes) is 1. The predicted molar refractivity (Wildman–Crippen MR) is 148 cm³/mol. The third kappa shape index (κ3) is 9.16. The van der Waals surface area contributed by atoms with E-state index in [0.717, 1.165) is 30.0 Å². The highest BCUT2D eigenvalue weighted by Gasteiger charge is 2.08. The van der Waals surface area contributed by atoms with E-state index in [4.69, 9.17) is 17.0 Å². The Morgan fingerprint density at radius 3 is 2.69 bits per heavy atom. The largest absolute Gasteiger partial charge is 0.507 e. The van der Waals surface area contributed by atoms with Crippen LogP contribution in [0.5, 0.6) is 11.5 Å². The van der Waals surface area contributed by atoms with Crippen LogP contribution in [0.25, 0.3) is 0 Å². The van der Waals surface area contributed by atoms with Crippen molar-refractivity contribution in [2.75, 3.05) is 23.0 Å². The minimum absolute atomic E-state index is 0.0659. The van der Waals surface area contributed by atoms with E-state index < -0.39 is 0 Å². The number of aromatic hydroxyl groups is 1. The number of phenolic OH excluding ortho intramolecular Hbond substituents is 1. The average Bonchev–Trinajstić information content (AvgIpc) is 2.85. The van der Waals surface area contributed by atoms with Crippen molar-refractivity contribution < 1.29 is 14.6 Å². The van der Waals surface area contributed by atoms with Crippen molar-refractivity contribution in [3.05, 3.63) is 65.9 Å². The highest BCUT2D eigenvalue weighted by atomic mass is 32.2. The lowest BCUT2D eigenvalue weighted by atomic mass is 10.2. The van der Waals surface area contributed by atoms with Crippen molar-refractivity contribution in [2.45, 2.75) is 31.8 Å². The van der Waals surface area contributed by atoms with Gasteiger partial charge in [0.25, 0.3) is 5.91 Å². The fourth-order valence-corrected chi connectivity index (χ4v) is 3.77. The van der Waals surface area contributed by atoms with Gasteiger partial charge in [-0.3, -0.25) is 4.79 Å². The van der Waals surface area contributed by atoms with Crippen LogP contribution in [0.2, 0.25) is 0 Å². The number of hydrogen-bond acceptors (Lipinski definition) is 8. The van der Waals surface area contributed by atoms with E-state index in [1.54, 1.807) is 30.3 Å². The lowest BCUT2D eigenvalue weighted by Gasteiger charge is -2.12. The molecular formula is C25H28N6O3S2. The third-order valence-electron chi connectivity index (χ3n) is 4.62. The first kappa shape index (κ1) is 26.9. The van der Waals surface area contributed by atoms with Crippen molar-refractivity contribution in [1.82, 2.24) is 15.4 Å². The molecule has 0 unspecified atom stereocenters. The number of aryl methyl sites for hydroxylation is 1. The highest BCUT2D eigenvalue weighted by Crippen LogP contribution is 2.19. The summed E-state index contributed by atoms with van der Waals surface area (Å²) in [6.45, 7) is 4.66. The number of rotatable bonds is 11. The van der Waals surface area contributed by atoms with Gasteiger partial charge in [-0.25, -0.2) is 15.4 Å². The molecule has 0 bridgehead atoms. The fourth-order valence-electron chi connectivity index (χ4n) is 2.85. The van der Waals surface area contributed by atoms with Gasteiger partial charge in [-0.1, -0.05) is 37.2 Å². The molecule has 0 saturated carbocycles. The molecule has 0 radical (unpaired) electrons. The molecule has 4 N–H and O–H groups in total. The number of para-hydroxylation sites is 1. The average molecular weight is 525 g/mol. The second-order valence-electron chi connectivity index (χ2n) is 7.62. The summed E-state index contributed by atoms with van der Waals surface area (Å²) < 4.78 is 5.67. The van der Waals surface area contributed by atoms with Crippen LogP contribution in [-0.2, 0) is 4.79 Å². The lowest BCUT2D eigenvalue weighted by Crippen LogP contribution is -2.21. The zero-order valence-corrected chi connectivity index (χ0v) is 21.7. The maximum absolute atomic E-state index is 12.1. The van der Waals surface area contributed by atoms with Gasteiger partial charge < -0.3 is 20.5 Å². The Hall–Kier alpha value is -3.70. The van der Waals surface area contributed by atoms with Gasteiger partial charge in [0.1, 0.15) is 17.3 Å². The van der Waals surface area contributed by atoms with Crippen LogP contribution >= 0.6 is 24.0 Å². The molecule has 0 aliphatic heterocycles. The molecule has 3 aromatic rings. The molecule has 0 spiro atoms. The summed E-state index contributed by atoms with van der Waals surface area (Å²) in [5, 5.41) is 20.6. The normalized spacial score (nSPS) is 10.7. The van der Waals surface area contributed by atoms with E-state index >= 15 is 0 Å². The molecule has 0 saturated heterocycles. The number of hydrazone groups is 1. The smallest absolute Gasteiger partial charge is 0.250 e. The Morgan fingerprint density at radius 2 is 1.94 bits per heavy atom.